The quantitative estimate of drug-likeness (QED) is 0.377. The highest BCUT2D eigenvalue weighted by atomic mass is 35.5. The summed E-state index contributed by atoms with van der Waals surface area (Å²) in [6, 6.07) is 3.21. The van der Waals surface area contributed by atoms with Crippen LogP contribution in [0.2, 0.25) is 30.3 Å². The van der Waals surface area contributed by atoms with Crippen molar-refractivity contribution in [3.63, 3.8) is 0 Å². The van der Waals surface area contributed by atoms with Crippen molar-refractivity contribution in [2.45, 2.75) is 6.61 Å². The first-order valence-corrected chi connectivity index (χ1v) is 7.43. The Bertz CT molecular complexity index is 659. The Morgan fingerprint density at radius 2 is 1.30 bits per heavy atom. The predicted octanol–water partition coefficient (Wildman–Crippen LogP) is 6.16. The fourth-order valence-corrected chi connectivity index (χ4v) is 3.20. The standard InChI is InChI=1S/C12H5Cl6NO/c13-7-6(8(14)10(16)11(17)9(7)15)5-2-1-4(3-20)19-12(5)18/h1-2,20H,3H2. The zero-order valence-corrected chi connectivity index (χ0v) is 14.1. The number of benzene rings is 1. The summed E-state index contributed by atoms with van der Waals surface area (Å²) in [6.45, 7) is -0.233. The third kappa shape index (κ3) is 2.84. The van der Waals surface area contributed by atoms with Crippen LogP contribution in [0.25, 0.3) is 11.1 Å². The number of halogens is 6. The van der Waals surface area contributed by atoms with Gasteiger partial charge < -0.3 is 5.11 Å². The zero-order chi connectivity index (χ0) is 15.0. The SMILES string of the molecule is OCc1ccc(-c2c(Cl)c(Cl)c(Cl)c(Cl)c2Cl)c(Cl)n1. The van der Waals surface area contributed by atoms with Gasteiger partial charge in [0.2, 0.25) is 0 Å². The number of hydrogen-bond donors (Lipinski definition) is 1. The van der Waals surface area contributed by atoms with E-state index in [0.29, 0.717) is 16.8 Å². The van der Waals surface area contributed by atoms with E-state index in [-0.39, 0.29) is 36.9 Å². The van der Waals surface area contributed by atoms with Gasteiger partial charge in [-0.2, -0.15) is 0 Å². The molecule has 0 saturated heterocycles. The molecular formula is C12H5Cl6NO. The molecule has 0 fully saturated rings. The van der Waals surface area contributed by atoms with Gasteiger partial charge in [-0.05, 0) is 12.1 Å². The van der Waals surface area contributed by atoms with Crippen LogP contribution in [0.4, 0.5) is 0 Å². The molecule has 0 unspecified atom stereocenters. The number of pyridine rings is 1. The van der Waals surface area contributed by atoms with E-state index in [1.165, 1.54) is 0 Å². The molecule has 0 aliphatic heterocycles. The summed E-state index contributed by atoms with van der Waals surface area (Å²) in [5.74, 6) is 0. The zero-order valence-electron chi connectivity index (χ0n) is 9.52. The number of rotatable bonds is 2. The third-order valence-corrected chi connectivity index (χ3v) is 5.11. The van der Waals surface area contributed by atoms with Gasteiger partial charge in [-0.15, -0.1) is 0 Å². The van der Waals surface area contributed by atoms with E-state index in [9.17, 15) is 0 Å². The van der Waals surface area contributed by atoms with Crippen LogP contribution in [0, 0.1) is 0 Å². The van der Waals surface area contributed by atoms with Crippen molar-refractivity contribution < 1.29 is 5.11 Å². The Balaban J connectivity index is 2.76. The molecule has 0 spiro atoms. The van der Waals surface area contributed by atoms with Crippen LogP contribution < -0.4 is 0 Å². The minimum absolute atomic E-state index is 0.0724. The Morgan fingerprint density at radius 3 is 1.75 bits per heavy atom. The highest BCUT2D eigenvalue weighted by Crippen LogP contribution is 2.49. The van der Waals surface area contributed by atoms with Crippen LogP contribution in [-0.4, -0.2) is 10.1 Å². The second-order valence-electron chi connectivity index (χ2n) is 3.74. The van der Waals surface area contributed by atoms with Gasteiger partial charge in [0, 0.05) is 11.1 Å². The molecule has 1 heterocycles. The number of hydrogen-bond acceptors (Lipinski definition) is 2. The maximum absolute atomic E-state index is 9.02. The summed E-state index contributed by atoms with van der Waals surface area (Å²) < 4.78 is 0. The molecule has 2 rings (SSSR count). The second-order valence-corrected chi connectivity index (χ2v) is 5.99. The van der Waals surface area contributed by atoms with E-state index in [1.54, 1.807) is 12.1 Å². The lowest BCUT2D eigenvalue weighted by molar-refractivity contribution is 0.277. The topological polar surface area (TPSA) is 33.1 Å². The molecule has 2 nitrogen and oxygen atoms in total. The number of aliphatic hydroxyl groups excluding tert-OH is 1. The summed E-state index contributed by atoms with van der Waals surface area (Å²) >= 11 is 36.3. The Morgan fingerprint density at radius 1 is 0.800 bits per heavy atom. The molecule has 0 amide bonds. The average molecular weight is 392 g/mol. The first-order chi connectivity index (χ1) is 9.38. The molecule has 1 aromatic heterocycles. The van der Waals surface area contributed by atoms with Crippen LogP contribution in [-0.2, 0) is 6.61 Å². The third-order valence-electron chi connectivity index (χ3n) is 2.55. The molecule has 106 valence electrons. The normalized spacial score (nSPS) is 10.9. The largest absolute Gasteiger partial charge is 0.390 e. The first-order valence-electron chi connectivity index (χ1n) is 5.16. The minimum atomic E-state index is -0.233. The van der Waals surface area contributed by atoms with Crippen molar-refractivity contribution in [2.75, 3.05) is 0 Å². The molecule has 1 N–H and O–H groups in total. The van der Waals surface area contributed by atoms with Crippen LogP contribution in [0.1, 0.15) is 5.69 Å². The molecule has 0 bridgehead atoms. The van der Waals surface area contributed by atoms with Crippen LogP contribution >= 0.6 is 69.6 Å². The lowest BCUT2D eigenvalue weighted by atomic mass is 10.1. The van der Waals surface area contributed by atoms with E-state index >= 15 is 0 Å². The van der Waals surface area contributed by atoms with Crippen LogP contribution in [0.3, 0.4) is 0 Å². The summed E-state index contributed by atoms with van der Waals surface area (Å²) in [5.41, 5.74) is 1.20. The molecule has 8 heteroatoms. The van der Waals surface area contributed by atoms with Crippen molar-refractivity contribution in [1.82, 2.24) is 4.98 Å². The van der Waals surface area contributed by atoms with E-state index < -0.39 is 0 Å². The van der Waals surface area contributed by atoms with E-state index in [0.717, 1.165) is 0 Å². The molecule has 2 aromatic rings. The second kappa shape index (κ2) is 6.45. The molecule has 0 radical (unpaired) electrons. The lowest BCUT2D eigenvalue weighted by Crippen LogP contribution is -1.93. The van der Waals surface area contributed by atoms with Crippen molar-refractivity contribution in [1.29, 1.82) is 0 Å². The summed E-state index contributed by atoms with van der Waals surface area (Å²) in [7, 11) is 0. The summed E-state index contributed by atoms with van der Waals surface area (Å²) in [4.78, 5) is 4.01. The molecule has 0 aliphatic rings. The monoisotopic (exact) mass is 389 g/mol. The van der Waals surface area contributed by atoms with Gasteiger partial charge in [0.05, 0.1) is 37.4 Å². The Hall–Kier alpha value is 0.0700. The number of nitrogens with zero attached hydrogens (tertiary/aromatic N) is 1. The summed E-state index contributed by atoms with van der Waals surface area (Å²) in [6.07, 6.45) is 0. The molecule has 0 saturated carbocycles. The van der Waals surface area contributed by atoms with Gasteiger partial charge in [-0.25, -0.2) is 4.98 Å². The maximum atomic E-state index is 9.02. The highest BCUT2D eigenvalue weighted by Gasteiger charge is 2.22. The predicted molar refractivity (Wildman–Crippen MR) is 85.7 cm³/mol. The van der Waals surface area contributed by atoms with Gasteiger partial charge >= 0.3 is 0 Å². The van der Waals surface area contributed by atoms with Gasteiger partial charge in [0.25, 0.3) is 0 Å². The Labute approximate surface area is 145 Å². The first kappa shape index (κ1) is 16.4. The minimum Gasteiger partial charge on any atom is -0.390 e. The van der Waals surface area contributed by atoms with Crippen LogP contribution in [0.15, 0.2) is 12.1 Å². The van der Waals surface area contributed by atoms with Crippen molar-refractivity contribution in [3.8, 4) is 11.1 Å². The molecule has 1 aromatic carbocycles. The smallest absolute Gasteiger partial charge is 0.137 e. The Kier molecular flexibility index (Phi) is 5.30. The van der Waals surface area contributed by atoms with Gasteiger partial charge in [0.15, 0.2) is 0 Å². The van der Waals surface area contributed by atoms with Crippen LogP contribution in [0.5, 0.6) is 0 Å². The summed E-state index contributed by atoms with van der Waals surface area (Å²) in [5, 5.41) is 9.65. The van der Waals surface area contributed by atoms with Crippen molar-refractivity contribution in [2.24, 2.45) is 0 Å². The van der Waals surface area contributed by atoms with E-state index in [1.807, 2.05) is 0 Å². The molecule has 0 aliphatic carbocycles. The molecule has 20 heavy (non-hydrogen) atoms. The average Bonchev–Trinajstić information content (AvgIpc) is 2.44. The maximum Gasteiger partial charge on any atom is 0.137 e. The molecule has 0 atom stereocenters. The van der Waals surface area contributed by atoms with Gasteiger partial charge in [0.1, 0.15) is 5.15 Å². The highest BCUT2D eigenvalue weighted by molar-refractivity contribution is 6.56. The number of aromatic nitrogens is 1. The number of aliphatic hydroxyl groups is 1. The van der Waals surface area contributed by atoms with Crippen molar-refractivity contribution >= 4 is 69.6 Å². The van der Waals surface area contributed by atoms with E-state index in [2.05, 4.69) is 4.98 Å². The fraction of sp³-hybridized carbons (Fsp3) is 0.0833. The fourth-order valence-electron chi connectivity index (χ4n) is 1.59. The van der Waals surface area contributed by atoms with Crippen molar-refractivity contribution in [3.05, 3.63) is 48.1 Å². The molecular weight excluding hydrogens is 387 g/mol. The van der Waals surface area contributed by atoms with Gasteiger partial charge in [-0.1, -0.05) is 69.6 Å². The van der Waals surface area contributed by atoms with E-state index in [4.69, 9.17) is 74.7 Å². The van der Waals surface area contributed by atoms with Gasteiger partial charge in [-0.3, -0.25) is 0 Å². The lowest BCUT2D eigenvalue weighted by Gasteiger charge is -2.13.